The molecule has 26 heavy (non-hydrogen) atoms. The number of allylic oxidation sites excluding steroid dienone is 1. The van der Waals surface area contributed by atoms with E-state index in [4.69, 9.17) is 10.5 Å². The van der Waals surface area contributed by atoms with Gasteiger partial charge in [0.15, 0.2) is 0 Å². The number of pyridine rings is 2. The fraction of sp³-hybridized carbons (Fsp3) is 0.316. The van der Waals surface area contributed by atoms with Crippen LogP contribution in [-0.2, 0) is 6.54 Å². The molecule has 0 fully saturated rings. The smallest absolute Gasteiger partial charge is 0.258 e. The van der Waals surface area contributed by atoms with Crippen molar-refractivity contribution >= 4 is 0 Å². The predicted molar refractivity (Wildman–Crippen MR) is 96.7 cm³/mol. The summed E-state index contributed by atoms with van der Waals surface area (Å²) in [6.07, 6.45) is 3.27. The molecule has 2 aromatic rings. The standard InChI is InChI=1S/C19H21N5O2/c1-12-10-15-17(19(25)24(12)9-8-23(2)3)16(13-4-6-22-7-5-13)14(11-20)18(21)26-15/h4-7,10,16H,8-9,21H2,1-3H3/p+1/t16-/m1/s1. The van der Waals surface area contributed by atoms with Crippen molar-refractivity contribution < 1.29 is 9.64 Å². The molecule has 0 unspecified atom stereocenters. The summed E-state index contributed by atoms with van der Waals surface area (Å²) in [6.45, 7) is 3.27. The highest BCUT2D eigenvalue weighted by Crippen LogP contribution is 2.40. The number of ether oxygens (including phenoxy) is 1. The summed E-state index contributed by atoms with van der Waals surface area (Å²) in [5, 5.41) is 9.61. The van der Waals surface area contributed by atoms with E-state index in [-0.39, 0.29) is 17.0 Å². The van der Waals surface area contributed by atoms with Gasteiger partial charge in [-0.3, -0.25) is 9.78 Å². The minimum Gasteiger partial charge on any atom is -0.440 e. The van der Waals surface area contributed by atoms with Crippen molar-refractivity contribution in [1.82, 2.24) is 9.55 Å². The van der Waals surface area contributed by atoms with E-state index >= 15 is 0 Å². The van der Waals surface area contributed by atoms with E-state index in [0.29, 0.717) is 17.9 Å². The largest absolute Gasteiger partial charge is 0.440 e. The second-order valence-electron chi connectivity index (χ2n) is 6.68. The fourth-order valence-electron chi connectivity index (χ4n) is 3.19. The van der Waals surface area contributed by atoms with Crippen molar-refractivity contribution in [1.29, 1.82) is 5.26 Å². The lowest BCUT2D eigenvalue weighted by atomic mass is 9.84. The first-order chi connectivity index (χ1) is 12.4. The van der Waals surface area contributed by atoms with Crippen LogP contribution in [-0.4, -0.2) is 30.2 Å². The fourth-order valence-corrected chi connectivity index (χ4v) is 3.19. The Kier molecular flexibility index (Phi) is 4.78. The number of quaternary nitrogens is 1. The average molecular weight is 352 g/mol. The van der Waals surface area contributed by atoms with E-state index in [1.165, 1.54) is 4.90 Å². The van der Waals surface area contributed by atoms with E-state index in [0.717, 1.165) is 17.8 Å². The first kappa shape index (κ1) is 17.7. The van der Waals surface area contributed by atoms with Crippen LogP contribution in [0.15, 0.2) is 46.8 Å². The molecule has 0 aromatic carbocycles. The number of aromatic nitrogens is 2. The van der Waals surface area contributed by atoms with E-state index in [1.54, 1.807) is 29.1 Å². The topological polar surface area (TPSA) is 98.4 Å². The van der Waals surface area contributed by atoms with Gasteiger partial charge in [-0.25, -0.2) is 0 Å². The van der Waals surface area contributed by atoms with Crippen LogP contribution >= 0.6 is 0 Å². The van der Waals surface area contributed by atoms with Gasteiger partial charge in [0, 0.05) is 24.2 Å². The number of aryl methyl sites for hydroxylation is 1. The third-order valence-corrected chi connectivity index (χ3v) is 4.56. The normalized spacial score (nSPS) is 16.2. The highest BCUT2D eigenvalue weighted by Gasteiger charge is 2.34. The summed E-state index contributed by atoms with van der Waals surface area (Å²) in [5.74, 6) is -0.104. The molecule has 3 heterocycles. The Morgan fingerprint density at radius 3 is 2.69 bits per heavy atom. The maximum atomic E-state index is 13.3. The van der Waals surface area contributed by atoms with Gasteiger partial charge >= 0.3 is 0 Å². The van der Waals surface area contributed by atoms with Crippen molar-refractivity contribution in [2.75, 3.05) is 20.6 Å². The maximum Gasteiger partial charge on any atom is 0.258 e. The van der Waals surface area contributed by atoms with Gasteiger partial charge in [0.2, 0.25) is 5.88 Å². The Morgan fingerprint density at radius 1 is 1.38 bits per heavy atom. The number of hydrogen-bond donors (Lipinski definition) is 2. The number of nitrogens with one attached hydrogen (secondary N) is 1. The molecule has 0 saturated carbocycles. The van der Waals surface area contributed by atoms with Crippen molar-refractivity contribution in [3.8, 4) is 11.8 Å². The molecule has 0 spiro atoms. The number of nitrogens with two attached hydrogens (primary N) is 1. The van der Waals surface area contributed by atoms with E-state index in [2.05, 4.69) is 11.1 Å². The van der Waals surface area contributed by atoms with Crippen LogP contribution in [0, 0.1) is 18.3 Å². The summed E-state index contributed by atoms with van der Waals surface area (Å²) in [7, 11) is 4.08. The van der Waals surface area contributed by atoms with Crippen molar-refractivity contribution in [3.05, 3.63) is 69.2 Å². The van der Waals surface area contributed by atoms with Crippen molar-refractivity contribution in [2.24, 2.45) is 5.73 Å². The van der Waals surface area contributed by atoms with Crippen LogP contribution in [0.25, 0.3) is 0 Å². The molecule has 1 aliphatic rings. The number of nitrogens with zero attached hydrogens (tertiary/aromatic N) is 3. The molecule has 7 nitrogen and oxygen atoms in total. The molecule has 0 amide bonds. The number of nitriles is 1. The third kappa shape index (κ3) is 3.07. The summed E-state index contributed by atoms with van der Waals surface area (Å²) < 4.78 is 7.37. The molecule has 0 bridgehead atoms. The van der Waals surface area contributed by atoms with Crippen molar-refractivity contribution in [3.63, 3.8) is 0 Å². The first-order valence-corrected chi connectivity index (χ1v) is 8.45. The Balaban J connectivity index is 2.22. The van der Waals surface area contributed by atoms with Gasteiger partial charge in [0.05, 0.1) is 38.7 Å². The van der Waals surface area contributed by atoms with Crippen molar-refractivity contribution in [2.45, 2.75) is 19.4 Å². The molecule has 134 valence electrons. The zero-order valence-electron chi connectivity index (χ0n) is 15.1. The van der Waals surface area contributed by atoms with Crippen LogP contribution in [0.3, 0.4) is 0 Å². The van der Waals surface area contributed by atoms with Crippen LogP contribution in [0.5, 0.6) is 5.75 Å². The van der Waals surface area contributed by atoms with Gasteiger partial charge in [0.25, 0.3) is 5.56 Å². The molecule has 3 N–H and O–H groups in total. The van der Waals surface area contributed by atoms with Gasteiger partial charge in [-0.15, -0.1) is 0 Å². The Hall–Kier alpha value is -3.11. The summed E-state index contributed by atoms with van der Waals surface area (Å²) in [6, 6.07) is 7.51. The van der Waals surface area contributed by atoms with Gasteiger partial charge in [-0.2, -0.15) is 5.26 Å². The summed E-state index contributed by atoms with van der Waals surface area (Å²) in [5.41, 5.74) is 8.11. The monoisotopic (exact) mass is 352 g/mol. The number of likely N-dealkylation sites (N-methyl/N-ethyl adjacent to an activating group) is 1. The zero-order chi connectivity index (χ0) is 18.8. The average Bonchev–Trinajstić information content (AvgIpc) is 2.60. The van der Waals surface area contributed by atoms with Crippen LogP contribution in [0.4, 0.5) is 0 Å². The van der Waals surface area contributed by atoms with Crippen LogP contribution in [0.1, 0.15) is 22.7 Å². The second kappa shape index (κ2) is 7.02. The molecule has 0 aliphatic carbocycles. The van der Waals surface area contributed by atoms with Gasteiger partial charge in [0.1, 0.15) is 17.4 Å². The van der Waals surface area contributed by atoms with Gasteiger partial charge in [-0.05, 0) is 24.6 Å². The predicted octanol–water partition coefficient (Wildman–Crippen LogP) is -0.0856. The van der Waals surface area contributed by atoms with E-state index in [1.807, 2.05) is 27.1 Å². The Morgan fingerprint density at radius 2 is 2.08 bits per heavy atom. The molecule has 0 radical (unpaired) electrons. The van der Waals surface area contributed by atoms with Crippen LogP contribution in [0.2, 0.25) is 0 Å². The molecule has 7 heteroatoms. The minimum atomic E-state index is -0.558. The number of fused-ring (bicyclic) bond motifs is 1. The quantitative estimate of drug-likeness (QED) is 0.802. The lowest BCUT2D eigenvalue weighted by Crippen LogP contribution is -3.06. The second-order valence-corrected chi connectivity index (χ2v) is 6.68. The molecule has 1 atom stereocenters. The van der Waals surface area contributed by atoms with Gasteiger partial charge in [-0.1, -0.05) is 0 Å². The SMILES string of the molecule is Cc1cc2c(c(=O)n1CC[NH+](C)C)[C@H](c1ccncc1)C(C#N)=C(N)O2. The summed E-state index contributed by atoms with van der Waals surface area (Å²) >= 11 is 0. The molecular weight excluding hydrogens is 330 g/mol. The minimum absolute atomic E-state index is 0.0381. The Bertz CT molecular complexity index is 954. The number of rotatable bonds is 4. The lowest BCUT2D eigenvalue weighted by Gasteiger charge is -2.27. The lowest BCUT2D eigenvalue weighted by molar-refractivity contribution is -0.858. The van der Waals surface area contributed by atoms with E-state index in [9.17, 15) is 10.1 Å². The third-order valence-electron chi connectivity index (χ3n) is 4.56. The molecular formula is C19H22N5O2+. The van der Waals surface area contributed by atoms with Gasteiger partial charge < -0.3 is 19.9 Å². The highest BCUT2D eigenvalue weighted by atomic mass is 16.5. The molecule has 3 rings (SSSR count). The maximum absolute atomic E-state index is 13.3. The molecule has 0 saturated heterocycles. The molecule has 2 aromatic heterocycles. The molecule has 1 aliphatic heterocycles. The Labute approximate surface area is 151 Å². The highest BCUT2D eigenvalue weighted by molar-refractivity contribution is 5.54. The first-order valence-electron chi connectivity index (χ1n) is 8.45. The van der Waals surface area contributed by atoms with Crippen LogP contribution < -0.4 is 20.9 Å². The zero-order valence-corrected chi connectivity index (χ0v) is 15.1. The van der Waals surface area contributed by atoms with E-state index < -0.39 is 5.92 Å². The summed E-state index contributed by atoms with van der Waals surface area (Å²) in [4.78, 5) is 18.6. The number of hydrogen-bond acceptors (Lipinski definition) is 5.